The van der Waals surface area contributed by atoms with Crippen LogP contribution in [0.15, 0.2) is 60.7 Å². The predicted octanol–water partition coefficient (Wildman–Crippen LogP) is 2.21. The van der Waals surface area contributed by atoms with Crippen molar-refractivity contribution in [2.45, 2.75) is 25.0 Å². The highest BCUT2D eigenvalue weighted by Gasteiger charge is 2.26. The van der Waals surface area contributed by atoms with Crippen LogP contribution >= 0.6 is 0 Å². The first-order chi connectivity index (χ1) is 12.7. The van der Waals surface area contributed by atoms with Gasteiger partial charge in [0.25, 0.3) is 0 Å². The quantitative estimate of drug-likeness (QED) is 0.565. The summed E-state index contributed by atoms with van der Waals surface area (Å²) in [5.41, 5.74) is 1.59. The standard InChI is InChI=1S/C21H21NO4/c1-2-3-14-19(24)22-18(15-23)21(25)26-20(16-10-6-4-7-11-16)17-12-8-5-9-13-17/h1,4-13,18,20,23H,3,14-15H2,(H,22,24)/t18-/m0/s1. The van der Waals surface area contributed by atoms with E-state index in [1.165, 1.54) is 0 Å². The second kappa shape index (κ2) is 10.0. The van der Waals surface area contributed by atoms with Crippen LogP contribution in [0.3, 0.4) is 0 Å². The van der Waals surface area contributed by atoms with E-state index in [0.717, 1.165) is 11.1 Å². The molecule has 1 atom stereocenters. The largest absolute Gasteiger partial charge is 0.451 e. The van der Waals surface area contributed by atoms with Crippen molar-refractivity contribution in [3.05, 3.63) is 71.8 Å². The Morgan fingerprint density at radius 3 is 2.04 bits per heavy atom. The molecule has 0 heterocycles. The molecule has 0 radical (unpaired) electrons. The average Bonchev–Trinajstić information content (AvgIpc) is 2.69. The first-order valence-corrected chi connectivity index (χ1v) is 8.29. The number of terminal acetylenes is 1. The summed E-state index contributed by atoms with van der Waals surface area (Å²) in [6.45, 7) is -0.559. The smallest absolute Gasteiger partial charge is 0.332 e. The molecule has 134 valence electrons. The lowest BCUT2D eigenvalue weighted by atomic mass is 10.0. The molecule has 2 aromatic carbocycles. The minimum absolute atomic E-state index is 0.0844. The highest BCUT2D eigenvalue weighted by molar-refractivity contribution is 5.84. The maximum atomic E-state index is 12.5. The van der Waals surface area contributed by atoms with Crippen LogP contribution in [0.25, 0.3) is 0 Å². The lowest BCUT2D eigenvalue weighted by molar-refractivity contribution is -0.152. The molecule has 0 saturated heterocycles. The third kappa shape index (κ3) is 5.47. The van der Waals surface area contributed by atoms with Crippen LogP contribution < -0.4 is 5.32 Å². The van der Waals surface area contributed by atoms with E-state index in [1.807, 2.05) is 60.7 Å². The van der Waals surface area contributed by atoms with Crippen molar-refractivity contribution >= 4 is 11.9 Å². The van der Waals surface area contributed by atoms with E-state index >= 15 is 0 Å². The van der Waals surface area contributed by atoms with Crippen molar-refractivity contribution < 1.29 is 19.4 Å². The van der Waals surface area contributed by atoms with Gasteiger partial charge in [-0.1, -0.05) is 60.7 Å². The van der Waals surface area contributed by atoms with Gasteiger partial charge in [-0.25, -0.2) is 4.79 Å². The summed E-state index contributed by atoms with van der Waals surface area (Å²) in [5.74, 6) is 1.24. The van der Waals surface area contributed by atoms with Crippen LogP contribution in [0.1, 0.15) is 30.1 Å². The van der Waals surface area contributed by atoms with Crippen molar-refractivity contribution in [2.24, 2.45) is 0 Å². The number of amides is 1. The fraction of sp³-hybridized carbons (Fsp3) is 0.238. The van der Waals surface area contributed by atoms with Crippen molar-refractivity contribution in [3.8, 4) is 12.3 Å². The molecule has 2 N–H and O–H groups in total. The van der Waals surface area contributed by atoms with Gasteiger partial charge in [0, 0.05) is 12.8 Å². The van der Waals surface area contributed by atoms with E-state index in [0.29, 0.717) is 0 Å². The average molecular weight is 351 g/mol. The number of nitrogens with one attached hydrogen (secondary N) is 1. The van der Waals surface area contributed by atoms with Crippen LogP contribution in [-0.4, -0.2) is 29.6 Å². The molecule has 0 aromatic heterocycles. The number of rotatable bonds is 8. The zero-order valence-corrected chi connectivity index (χ0v) is 14.3. The van der Waals surface area contributed by atoms with Gasteiger partial charge >= 0.3 is 5.97 Å². The van der Waals surface area contributed by atoms with Gasteiger partial charge in [-0.15, -0.1) is 12.3 Å². The van der Waals surface area contributed by atoms with E-state index in [2.05, 4.69) is 11.2 Å². The monoisotopic (exact) mass is 351 g/mol. The Labute approximate surface area is 153 Å². The Balaban J connectivity index is 2.15. The zero-order chi connectivity index (χ0) is 18.8. The van der Waals surface area contributed by atoms with Crippen LogP contribution in [-0.2, 0) is 14.3 Å². The number of hydrogen-bond donors (Lipinski definition) is 2. The van der Waals surface area contributed by atoms with Gasteiger partial charge in [-0.2, -0.15) is 0 Å². The molecular formula is C21H21NO4. The van der Waals surface area contributed by atoms with E-state index in [1.54, 1.807) is 0 Å². The summed E-state index contributed by atoms with van der Waals surface area (Å²) < 4.78 is 5.63. The SMILES string of the molecule is C#CCCC(=O)N[C@@H](CO)C(=O)OC(c1ccccc1)c1ccccc1. The minimum Gasteiger partial charge on any atom is -0.451 e. The molecule has 0 fully saturated rings. The fourth-order valence-corrected chi connectivity index (χ4v) is 2.41. The van der Waals surface area contributed by atoms with Gasteiger partial charge in [0.05, 0.1) is 6.61 Å². The van der Waals surface area contributed by atoms with Crippen LogP contribution in [0, 0.1) is 12.3 Å². The second-order valence-electron chi connectivity index (χ2n) is 5.65. The molecule has 0 spiro atoms. The normalized spacial score (nSPS) is 11.4. The Morgan fingerprint density at radius 2 is 1.58 bits per heavy atom. The first-order valence-electron chi connectivity index (χ1n) is 8.29. The van der Waals surface area contributed by atoms with E-state index in [9.17, 15) is 14.7 Å². The number of aliphatic hydroxyl groups is 1. The van der Waals surface area contributed by atoms with Gasteiger partial charge in [0.2, 0.25) is 5.91 Å². The summed E-state index contributed by atoms with van der Waals surface area (Å²) in [6, 6.07) is 17.4. The van der Waals surface area contributed by atoms with Gasteiger partial charge in [0.1, 0.15) is 0 Å². The summed E-state index contributed by atoms with van der Waals surface area (Å²) in [5, 5.41) is 11.9. The summed E-state index contributed by atoms with van der Waals surface area (Å²) in [7, 11) is 0. The lowest BCUT2D eigenvalue weighted by Gasteiger charge is -2.22. The van der Waals surface area contributed by atoms with Gasteiger partial charge < -0.3 is 15.2 Å². The molecule has 2 aromatic rings. The molecular weight excluding hydrogens is 330 g/mol. The summed E-state index contributed by atoms with van der Waals surface area (Å²) in [4.78, 5) is 24.3. The zero-order valence-electron chi connectivity index (χ0n) is 14.3. The maximum Gasteiger partial charge on any atom is 0.332 e. The van der Waals surface area contributed by atoms with Gasteiger partial charge in [-0.05, 0) is 11.1 Å². The molecule has 0 saturated carbocycles. The third-order valence-corrected chi connectivity index (χ3v) is 3.74. The van der Waals surface area contributed by atoms with Crippen LogP contribution in [0.2, 0.25) is 0 Å². The topological polar surface area (TPSA) is 75.6 Å². The van der Waals surface area contributed by atoms with Crippen molar-refractivity contribution in [2.75, 3.05) is 6.61 Å². The van der Waals surface area contributed by atoms with Gasteiger partial charge in [0.15, 0.2) is 12.1 Å². The Bertz CT molecular complexity index is 713. The van der Waals surface area contributed by atoms with E-state index < -0.39 is 30.6 Å². The Morgan fingerprint density at radius 1 is 1.04 bits per heavy atom. The van der Waals surface area contributed by atoms with Gasteiger partial charge in [-0.3, -0.25) is 4.79 Å². The molecule has 0 unspecified atom stereocenters. The highest BCUT2D eigenvalue weighted by Crippen LogP contribution is 2.26. The van der Waals surface area contributed by atoms with Crippen molar-refractivity contribution in [1.82, 2.24) is 5.32 Å². The molecule has 0 aliphatic carbocycles. The number of ether oxygens (including phenoxy) is 1. The number of benzene rings is 2. The number of carbonyl (C=O) groups is 2. The minimum atomic E-state index is -1.14. The first kappa shape index (κ1) is 19.2. The summed E-state index contributed by atoms with van der Waals surface area (Å²) in [6.07, 6.45) is 4.83. The van der Waals surface area contributed by atoms with E-state index in [-0.39, 0.29) is 12.8 Å². The van der Waals surface area contributed by atoms with Crippen LogP contribution in [0.5, 0.6) is 0 Å². The molecule has 0 bridgehead atoms. The number of hydrogen-bond acceptors (Lipinski definition) is 4. The molecule has 5 nitrogen and oxygen atoms in total. The lowest BCUT2D eigenvalue weighted by Crippen LogP contribution is -2.44. The molecule has 2 rings (SSSR count). The van der Waals surface area contributed by atoms with Crippen molar-refractivity contribution in [3.63, 3.8) is 0 Å². The fourth-order valence-electron chi connectivity index (χ4n) is 2.41. The second-order valence-corrected chi connectivity index (χ2v) is 5.65. The summed E-state index contributed by atoms with van der Waals surface area (Å²) >= 11 is 0. The number of aliphatic hydroxyl groups excluding tert-OH is 1. The molecule has 26 heavy (non-hydrogen) atoms. The Hall–Kier alpha value is -3.10. The highest BCUT2D eigenvalue weighted by atomic mass is 16.5. The molecule has 5 heteroatoms. The number of carbonyl (C=O) groups excluding carboxylic acids is 2. The molecule has 0 aliphatic heterocycles. The Kier molecular flexibility index (Phi) is 7.41. The predicted molar refractivity (Wildman–Crippen MR) is 97.9 cm³/mol. The number of esters is 1. The maximum absolute atomic E-state index is 12.5. The van der Waals surface area contributed by atoms with Crippen LogP contribution in [0.4, 0.5) is 0 Å². The van der Waals surface area contributed by atoms with E-state index in [4.69, 9.17) is 11.2 Å². The molecule has 0 aliphatic rings. The third-order valence-electron chi connectivity index (χ3n) is 3.74. The molecule has 1 amide bonds. The van der Waals surface area contributed by atoms with Crippen molar-refractivity contribution in [1.29, 1.82) is 0 Å².